The summed E-state index contributed by atoms with van der Waals surface area (Å²) in [4.78, 5) is 0. The summed E-state index contributed by atoms with van der Waals surface area (Å²) >= 11 is 0. The topological polar surface area (TPSA) is 72.7 Å². The molecule has 0 aliphatic carbocycles. The zero-order valence-electron chi connectivity index (χ0n) is 6.28. The summed E-state index contributed by atoms with van der Waals surface area (Å²) < 4.78 is 0. The van der Waals surface area contributed by atoms with Crippen LogP contribution in [0.3, 0.4) is 0 Å². The molecule has 4 heteroatoms. The average Bonchev–Trinajstić information content (AvgIpc) is 2.00. The Hall–Kier alpha value is -0.160. The van der Waals surface area contributed by atoms with Gasteiger partial charge in [0.05, 0.1) is 18.2 Å². The second kappa shape index (κ2) is 4.62. The fourth-order valence-corrected chi connectivity index (χ4v) is 0.651. The zero-order valence-corrected chi connectivity index (χ0v) is 6.28. The van der Waals surface area contributed by atoms with Crippen LogP contribution in [0.5, 0.6) is 0 Å². The molecule has 62 valence electrons. The normalized spacial score (nSPS) is 20.1. The van der Waals surface area contributed by atoms with Crippen molar-refractivity contribution in [3.63, 3.8) is 0 Å². The highest BCUT2D eigenvalue weighted by molar-refractivity contribution is 4.73. The van der Waals surface area contributed by atoms with Gasteiger partial charge in [0.2, 0.25) is 0 Å². The molecule has 0 radical (unpaired) electrons. The molecule has 3 atom stereocenters. The van der Waals surface area contributed by atoms with Crippen LogP contribution in [0.4, 0.5) is 0 Å². The third kappa shape index (κ3) is 2.62. The summed E-state index contributed by atoms with van der Waals surface area (Å²) in [6, 6.07) is -0.491. The standard InChI is InChI=1S/C6H15NO3/c1-3-5(8)6(9)4(2)7-10/h4-10H,3H2,1-2H3. The van der Waals surface area contributed by atoms with E-state index in [-0.39, 0.29) is 0 Å². The van der Waals surface area contributed by atoms with Gasteiger partial charge in [-0.3, -0.25) is 0 Å². The minimum Gasteiger partial charge on any atom is -0.390 e. The van der Waals surface area contributed by atoms with E-state index < -0.39 is 18.2 Å². The van der Waals surface area contributed by atoms with Crippen LogP contribution >= 0.6 is 0 Å². The second-order valence-corrected chi connectivity index (χ2v) is 2.38. The molecule has 0 rings (SSSR count). The maximum atomic E-state index is 9.11. The molecule has 4 nitrogen and oxygen atoms in total. The Balaban J connectivity index is 3.69. The lowest BCUT2D eigenvalue weighted by Gasteiger charge is -2.21. The minimum atomic E-state index is -0.907. The van der Waals surface area contributed by atoms with Gasteiger partial charge < -0.3 is 15.4 Å². The van der Waals surface area contributed by atoms with E-state index in [1.165, 1.54) is 0 Å². The molecule has 0 saturated heterocycles. The fourth-order valence-electron chi connectivity index (χ4n) is 0.651. The lowest BCUT2D eigenvalue weighted by Crippen LogP contribution is -2.42. The Morgan fingerprint density at radius 2 is 1.90 bits per heavy atom. The molecule has 0 fully saturated rings. The first-order valence-electron chi connectivity index (χ1n) is 3.39. The van der Waals surface area contributed by atoms with Gasteiger partial charge in [0, 0.05) is 0 Å². The Labute approximate surface area is 60.5 Å². The lowest BCUT2D eigenvalue weighted by molar-refractivity contribution is -0.0320. The predicted octanol–water partition coefficient (Wildman–Crippen LogP) is -0.515. The smallest absolute Gasteiger partial charge is 0.0971 e. The van der Waals surface area contributed by atoms with Crippen LogP contribution in [0.2, 0.25) is 0 Å². The quantitative estimate of drug-likeness (QED) is 0.406. The number of aliphatic hydroxyl groups is 2. The third-order valence-electron chi connectivity index (χ3n) is 1.53. The van der Waals surface area contributed by atoms with E-state index in [1.807, 2.05) is 5.48 Å². The molecular weight excluding hydrogens is 134 g/mol. The summed E-state index contributed by atoms with van der Waals surface area (Å²) in [6.07, 6.45) is -1.20. The van der Waals surface area contributed by atoms with E-state index in [4.69, 9.17) is 15.4 Å². The van der Waals surface area contributed by atoms with E-state index in [9.17, 15) is 0 Å². The summed E-state index contributed by atoms with van der Waals surface area (Å²) in [5, 5.41) is 26.5. The number of aliphatic hydroxyl groups excluding tert-OH is 2. The highest BCUT2D eigenvalue weighted by Gasteiger charge is 2.20. The molecule has 4 N–H and O–H groups in total. The van der Waals surface area contributed by atoms with Crippen LogP contribution in [0.15, 0.2) is 0 Å². The van der Waals surface area contributed by atoms with Crippen molar-refractivity contribution in [1.82, 2.24) is 5.48 Å². The van der Waals surface area contributed by atoms with Gasteiger partial charge in [-0.1, -0.05) is 6.92 Å². The molecule has 10 heavy (non-hydrogen) atoms. The fraction of sp³-hybridized carbons (Fsp3) is 1.00. The maximum absolute atomic E-state index is 9.11. The van der Waals surface area contributed by atoms with Crippen molar-refractivity contribution in [3.8, 4) is 0 Å². The number of rotatable bonds is 4. The van der Waals surface area contributed by atoms with Gasteiger partial charge in [0.15, 0.2) is 0 Å². The highest BCUT2D eigenvalue weighted by atomic mass is 16.5. The molecule has 0 aromatic carbocycles. The van der Waals surface area contributed by atoms with Crippen LogP contribution < -0.4 is 5.48 Å². The summed E-state index contributed by atoms with van der Waals surface area (Å²) in [7, 11) is 0. The molecule has 0 aromatic rings. The van der Waals surface area contributed by atoms with Crippen molar-refractivity contribution in [2.75, 3.05) is 0 Å². The highest BCUT2D eigenvalue weighted by Crippen LogP contribution is 2.01. The largest absolute Gasteiger partial charge is 0.390 e. The molecule has 0 aromatic heterocycles. The molecule has 0 bridgehead atoms. The molecular formula is C6H15NO3. The van der Waals surface area contributed by atoms with Gasteiger partial charge in [0.25, 0.3) is 0 Å². The van der Waals surface area contributed by atoms with E-state index >= 15 is 0 Å². The van der Waals surface area contributed by atoms with Gasteiger partial charge in [-0.05, 0) is 13.3 Å². The number of hydrogen-bond acceptors (Lipinski definition) is 4. The molecule has 0 amide bonds. The molecule has 0 heterocycles. The van der Waals surface area contributed by atoms with Crippen LogP contribution in [-0.2, 0) is 0 Å². The Morgan fingerprint density at radius 1 is 1.40 bits per heavy atom. The molecule has 0 spiro atoms. The number of nitrogens with one attached hydrogen (secondary N) is 1. The van der Waals surface area contributed by atoms with Crippen molar-refractivity contribution >= 4 is 0 Å². The van der Waals surface area contributed by atoms with Crippen molar-refractivity contribution in [2.45, 2.75) is 38.5 Å². The van der Waals surface area contributed by atoms with Gasteiger partial charge >= 0.3 is 0 Å². The van der Waals surface area contributed by atoms with Crippen LogP contribution in [0, 0.1) is 0 Å². The van der Waals surface area contributed by atoms with Crippen molar-refractivity contribution < 1.29 is 15.4 Å². The van der Waals surface area contributed by atoms with Crippen molar-refractivity contribution in [1.29, 1.82) is 0 Å². The average molecular weight is 149 g/mol. The first-order chi connectivity index (χ1) is 4.63. The Morgan fingerprint density at radius 3 is 2.20 bits per heavy atom. The first kappa shape index (κ1) is 9.84. The first-order valence-corrected chi connectivity index (χ1v) is 3.39. The molecule has 0 aliphatic rings. The minimum absolute atomic E-state index is 0.479. The number of hydrogen-bond donors (Lipinski definition) is 4. The van der Waals surface area contributed by atoms with E-state index in [0.29, 0.717) is 6.42 Å². The monoisotopic (exact) mass is 149 g/mol. The molecule has 3 unspecified atom stereocenters. The second-order valence-electron chi connectivity index (χ2n) is 2.38. The van der Waals surface area contributed by atoms with Gasteiger partial charge in [-0.15, -0.1) is 0 Å². The Kier molecular flexibility index (Phi) is 4.55. The zero-order chi connectivity index (χ0) is 8.15. The van der Waals surface area contributed by atoms with Gasteiger partial charge in [-0.2, -0.15) is 0 Å². The summed E-state index contributed by atoms with van der Waals surface area (Å²) in [5.41, 5.74) is 1.87. The van der Waals surface area contributed by atoms with Crippen molar-refractivity contribution in [2.24, 2.45) is 0 Å². The van der Waals surface area contributed by atoms with Gasteiger partial charge in [-0.25, -0.2) is 5.48 Å². The van der Waals surface area contributed by atoms with E-state index in [2.05, 4.69) is 0 Å². The van der Waals surface area contributed by atoms with Crippen LogP contribution in [0.1, 0.15) is 20.3 Å². The molecule has 0 saturated carbocycles. The van der Waals surface area contributed by atoms with Crippen molar-refractivity contribution in [3.05, 3.63) is 0 Å². The lowest BCUT2D eigenvalue weighted by atomic mass is 10.1. The van der Waals surface area contributed by atoms with Crippen LogP contribution in [0.25, 0.3) is 0 Å². The van der Waals surface area contributed by atoms with Gasteiger partial charge in [0.1, 0.15) is 0 Å². The Bertz CT molecular complexity index is 79.1. The summed E-state index contributed by atoms with van der Waals surface area (Å²) in [5.74, 6) is 0. The predicted molar refractivity (Wildman–Crippen MR) is 36.7 cm³/mol. The molecule has 0 aliphatic heterocycles. The van der Waals surface area contributed by atoms with E-state index in [0.717, 1.165) is 0 Å². The van der Waals surface area contributed by atoms with E-state index in [1.54, 1.807) is 13.8 Å². The third-order valence-corrected chi connectivity index (χ3v) is 1.53. The SMILES string of the molecule is CCC(O)C(O)C(C)NO. The number of hydroxylamine groups is 1. The maximum Gasteiger partial charge on any atom is 0.0971 e. The summed E-state index contributed by atoms with van der Waals surface area (Å²) in [6.45, 7) is 3.35. The van der Waals surface area contributed by atoms with Crippen LogP contribution in [-0.4, -0.2) is 33.7 Å².